The molecule has 0 bridgehead atoms. The van der Waals surface area contributed by atoms with Crippen LogP contribution in [0.5, 0.6) is 0 Å². The maximum absolute atomic E-state index is 13.4. The first-order chi connectivity index (χ1) is 13.4. The number of hydrogen-bond acceptors (Lipinski definition) is 5. The molecule has 0 spiro atoms. The summed E-state index contributed by atoms with van der Waals surface area (Å²) >= 11 is 0. The molecular formula is C18H17F3N2O5S. The molecule has 1 atom stereocenters. The maximum Gasteiger partial charge on any atom is 0.437 e. The standard InChI is InChI=1S/C18H17F3N2O5S/c1-11-3-9-15(10-4-11)29(26,27)28-23-16(18(19,20)21)14-7-5-13(6-8-14)12(2)22-17(24)25/h3-10,12,22H,1-2H3,(H,24,25)/b23-16-. The lowest BCUT2D eigenvalue weighted by atomic mass is 10.0. The van der Waals surface area contributed by atoms with Crippen LogP contribution in [-0.4, -0.2) is 31.5 Å². The van der Waals surface area contributed by atoms with E-state index in [-0.39, 0.29) is 4.90 Å². The van der Waals surface area contributed by atoms with E-state index in [1.165, 1.54) is 43.3 Å². The molecule has 0 fully saturated rings. The fourth-order valence-electron chi connectivity index (χ4n) is 2.30. The summed E-state index contributed by atoms with van der Waals surface area (Å²) in [6, 6.07) is 9.29. The summed E-state index contributed by atoms with van der Waals surface area (Å²) in [5, 5.41) is 13.7. The Labute approximate surface area is 164 Å². The molecule has 2 rings (SSSR count). The third kappa shape index (κ3) is 5.95. The summed E-state index contributed by atoms with van der Waals surface area (Å²) < 4.78 is 68.6. The van der Waals surface area contributed by atoms with Crippen LogP contribution in [0.2, 0.25) is 0 Å². The van der Waals surface area contributed by atoms with Crippen molar-refractivity contribution in [2.24, 2.45) is 5.16 Å². The molecule has 1 amide bonds. The van der Waals surface area contributed by atoms with Gasteiger partial charge in [0.2, 0.25) is 0 Å². The predicted molar refractivity (Wildman–Crippen MR) is 98.1 cm³/mol. The molecule has 0 aliphatic rings. The highest BCUT2D eigenvalue weighted by Gasteiger charge is 2.38. The van der Waals surface area contributed by atoms with Crippen LogP contribution in [0.3, 0.4) is 0 Å². The third-order valence-corrected chi connectivity index (χ3v) is 4.95. The largest absolute Gasteiger partial charge is 0.465 e. The number of oxime groups is 1. The van der Waals surface area contributed by atoms with Gasteiger partial charge in [0.15, 0.2) is 5.71 Å². The average Bonchev–Trinajstić information content (AvgIpc) is 2.61. The minimum atomic E-state index is -4.99. The number of carbonyl (C=O) groups is 1. The Kier molecular flexibility index (Phi) is 6.52. The van der Waals surface area contributed by atoms with Crippen LogP contribution in [0, 0.1) is 6.92 Å². The van der Waals surface area contributed by atoms with E-state index in [9.17, 15) is 26.4 Å². The molecule has 0 aliphatic heterocycles. The molecule has 2 aromatic carbocycles. The van der Waals surface area contributed by atoms with Gasteiger partial charge in [0.1, 0.15) is 4.90 Å². The molecule has 7 nitrogen and oxygen atoms in total. The summed E-state index contributed by atoms with van der Waals surface area (Å²) in [6.45, 7) is 3.23. The van der Waals surface area contributed by atoms with Crippen LogP contribution >= 0.6 is 0 Å². The number of nitrogens with one attached hydrogen (secondary N) is 1. The van der Waals surface area contributed by atoms with Gasteiger partial charge in [0, 0.05) is 5.56 Å². The molecule has 2 aromatic rings. The van der Waals surface area contributed by atoms with E-state index in [1.807, 2.05) is 0 Å². The summed E-state index contributed by atoms with van der Waals surface area (Å²) in [7, 11) is -4.54. The van der Waals surface area contributed by atoms with Gasteiger partial charge in [-0.2, -0.15) is 21.6 Å². The van der Waals surface area contributed by atoms with E-state index in [2.05, 4.69) is 14.8 Å². The molecule has 0 radical (unpaired) electrons. The van der Waals surface area contributed by atoms with Crippen molar-refractivity contribution in [3.63, 3.8) is 0 Å². The average molecular weight is 430 g/mol. The van der Waals surface area contributed by atoms with Crippen molar-refractivity contribution in [3.05, 3.63) is 65.2 Å². The topological polar surface area (TPSA) is 105 Å². The van der Waals surface area contributed by atoms with Gasteiger partial charge in [0.05, 0.1) is 6.04 Å². The minimum Gasteiger partial charge on any atom is -0.465 e. The van der Waals surface area contributed by atoms with Crippen LogP contribution < -0.4 is 5.32 Å². The quantitative estimate of drug-likeness (QED) is 0.533. The van der Waals surface area contributed by atoms with Gasteiger partial charge in [0.25, 0.3) is 0 Å². The second-order valence-corrected chi connectivity index (χ2v) is 7.60. The van der Waals surface area contributed by atoms with Gasteiger partial charge in [-0.3, -0.25) is 4.28 Å². The monoisotopic (exact) mass is 430 g/mol. The maximum atomic E-state index is 13.4. The fourth-order valence-corrected chi connectivity index (χ4v) is 3.03. The Morgan fingerprint density at radius 1 is 1.10 bits per heavy atom. The van der Waals surface area contributed by atoms with Gasteiger partial charge in [-0.25, -0.2) is 4.79 Å². The first kappa shape index (κ1) is 22.2. The molecule has 0 aromatic heterocycles. The van der Waals surface area contributed by atoms with Crippen LogP contribution in [0.4, 0.5) is 18.0 Å². The van der Waals surface area contributed by atoms with E-state index in [4.69, 9.17) is 5.11 Å². The van der Waals surface area contributed by atoms with Crippen molar-refractivity contribution >= 4 is 21.9 Å². The Bertz CT molecular complexity index is 1000. The van der Waals surface area contributed by atoms with Crippen LogP contribution in [-0.2, 0) is 14.4 Å². The zero-order valence-electron chi connectivity index (χ0n) is 15.3. The third-order valence-electron chi connectivity index (χ3n) is 3.83. The van der Waals surface area contributed by atoms with Crippen molar-refractivity contribution < 1.29 is 35.8 Å². The van der Waals surface area contributed by atoms with Gasteiger partial charge in [-0.05, 0) is 31.5 Å². The number of nitrogens with zero attached hydrogens (tertiary/aromatic N) is 1. The van der Waals surface area contributed by atoms with E-state index in [1.54, 1.807) is 6.92 Å². The Morgan fingerprint density at radius 3 is 2.14 bits per heavy atom. The Morgan fingerprint density at radius 2 is 1.66 bits per heavy atom. The lowest BCUT2D eigenvalue weighted by Crippen LogP contribution is -2.26. The Balaban J connectivity index is 2.32. The molecule has 11 heteroatoms. The van der Waals surface area contributed by atoms with E-state index in [0.717, 1.165) is 17.7 Å². The molecule has 0 saturated carbocycles. The molecular weight excluding hydrogens is 413 g/mol. The molecule has 0 aliphatic carbocycles. The molecule has 156 valence electrons. The number of halogens is 3. The van der Waals surface area contributed by atoms with Crippen molar-refractivity contribution in [1.29, 1.82) is 0 Å². The van der Waals surface area contributed by atoms with Gasteiger partial charge in [-0.15, -0.1) is 0 Å². The van der Waals surface area contributed by atoms with Crippen molar-refractivity contribution in [1.82, 2.24) is 5.32 Å². The van der Waals surface area contributed by atoms with Gasteiger partial charge >= 0.3 is 22.4 Å². The van der Waals surface area contributed by atoms with Crippen LogP contribution in [0.15, 0.2) is 58.6 Å². The number of hydrogen-bond donors (Lipinski definition) is 2. The number of aryl methyl sites for hydroxylation is 1. The number of rotatable bonds is 6. The van der Waals surface area contributed by atoms with Gasteiger partial charge in [-0.1, -0.05) is 47.1 Å². The molecule has 1 unspecified atom stereocenters. The van der Waals surface area contributed by atoms with E-state index < -0.39 is 39.7 Å². The summed E-state index contributed by atoms with van der Waals surface area (Å²) in [5.41, 5.74) is -0.817. The lowest BCUT2D eigenvalue weighted by Gasteiger charge is -2.14. The Hall–Kier alpha value is -3.08. The van der Waals surface area contributed by atoms with E-state index >= 15 is 0 Å². The predicted octanol–water partition coefficient (Wildman–Crippen LogP) is 4.00. The fraction of sp³-hybridized carbons (Fsp3) is 0.222. The number of alkyl halides is 3. The van der Waals surface area contributed by atoms with Gasteiger partial charge < -0.3 is 10.4 Å². The van der Waals surface area contributed by atoms with E-state index in [0.29, 0.717) is 5.56 Å². The lowest BCUT2D eigenvalue weighted by molar-refractivity contribution is -0.0597. The summed E-state index contributed by atoms with van der Waals surface area (Å²) in [5.74, 6) is 0. The normalized spacial score (nSPS) is 13.6. The first-order valence-corrected chi connectivity index (χ1v) is 9.56. The molecule has 29 heavy (non-hydrogen) atoms. The second-order valence-electron chi connectivity index (χ2n) is 6.07. The number of carboxylic acid groups (broad SMARTS) is 1. The molecule has 0 saturated heterocycles. The first-order valence-electron chi connectivity index (χ1n) is 8.15. The zero-order valence-corrected chi connectivity index (χ0v) is 16.1. The molecule has 2 N–H and O–H groups in total. The molecule has 0 heterocycles. The highest BCUT2D eigenvalue weighted by atomic mass is 32.2. The van der Waals surface area contributed by atoms with Crippen molar-refractivity contribution in [3.8, 4) is 0 Å². The zero-order chi connectivity index (χ0) is 21.8. The summed E-state index contributed by atoms with van der Waals surface area (Å²) in [4.78, 5) is 10.3. The smallest absolute Gasteiger partial charge is 0.437 e. The van der Waals surface area contributed by atoms with Crippen LogP contribution in [0.25, 0.3) is 0 Å². The highest BCUT2D eigenvalue weighted by Crippen LogP contribution is 2.25. The number of amides is 1. The van der Waals surface area contributed by atoms with Crippen molar-refractivity contribution in [2.75, 3.05) is 0 Å². The summed E-state index contributed by atoms with van der Waals surface area (Å²) in [6.07, 6.45) is -6.27. The van der Waals surface area contributed by atoms with Crippen molar-refractivity contribution in [2.45, 2.75) is 31.0 Å². The number of benzene rings is 2. The van der Waals surface area contributed by atoms with Crippen LogP contribution in [0.1, 0.15) is 29.7 Å². The second kappa shape index (κ2) is 8.52. The minimum absolute atomic E-state index is 0.336. The highest BCUT2D eigenvalue weighted by molar-refractivity contribution is 7.86. The SMILES string of the molecule is Cc1ccc(S(=O)(=O)O/N=C(/c2ccc(C(C)NC(=O)O)cc2)C(F)(F)F)cc1.